The minimum Gasteiger partial charge on any atom is -0.378 e. The molecule has 1 saturated heterocycles. The summed E-state index contributed by atoms with van der Waals surface area (Å²) < 4.78 is 0. The third kappa shape index (κ3) is 5.06. The second kappa shape index (κ2) is 9.13. The Labute approximate surface area is 164 Å². The van der Waals surface area contributed by atoms with Gasteiger partial charge in [0, 0.05) is 19.1 Å². The first-order valence-electron chi connectivity index (χ1n) is 10.0. The highest BCUT2D eigenvalue weighted by Gasteiger charge is 2.27. The van der Waals surface area contributed by atoms with Crippen molar-refractivity contribution < 1.29 is 9.72 Å². The number of nitrogen functional groups attached to an aromatic ring is 1. The first-order chi connectivity index (χ1) is 13.4. The summed E-state index contributed by atoms with van der Waals surface area (Å²) in [5, 5.41) is 14.4. The van der Waals surface area contributed by atoms with Crippen molar-refractivity contribution in [2.75, 3.05) is 30.7 Å². The normalized spacial score (nSPS) is 22.7. The van der Waals surface area contributed by atoms with Crippen molar-refractivity contribution in [3.8, 4) is 0 Å². The zero-order valence-corrected chi connectivity index (χ0v) is 16.1. The van der Waals surface area contributed by atoms with E-state index in [1.54, 1.807) is 0 Å². The lowest BCUT2D eigenvalue weighted by molar-refractivity contribution is -0.385. The van der Waals surface area contributed by atoms with Gasteiger partial charge in [0.1, 0.15) is 5.69 Å². The fraction of sp³-hybridized carbons (Fsp3) is 0.722. The first-order valence-corrected chi connectivity index (χ1v) is 10.0. The van der Waals surface area contributed by atoms with Crippen LogP contribution in [0.1, 0.15) is 50.6 Å². The van der Waals surface area contributed by atoms with E-state index in [2.05, 4.69) is 15.3 Å². The third-order valence-corrected chi connectivity index (χ3v) is 5.65. The first kappa shape index (κ1) is 20.2. The molecule has 0 radical (unpaired) electrons. The summed E-state index contributed by atoms with van der Waals surface area (Å²) in [6.45, 7) is 1.58. The summed E-state index contributed by atoms with van der Waals surface area (Å²) >= 11 is 0. The van der Waals surface area contributed by atoms with E-state index in [9.17, 15) is 14.9 Å². The molecule has 0 atom stereocenters. The molecule has 3 rings (SSSR count). The van der Waals surface area contributed by atoms with E-state index < -0.39 is 4.92 Å². The number of rotatable bonds is 6. The third-order valence-electron chi connectivity index (χ3n) is 5.65. The number of anilines is 2. The van der Waals surface area contributed by atoms with Gasteiger partial charge >= 0.3 is 5.69 Å². The van der Waals surface area contributed by atoms with Crippen LogP contribution >= 0.6 is 0 Å². The Balaban J connectivity index is 1.70. The maximum absolute atomic E-state index is 12.3. The van der Waals surface area contributed by atoms with Gasteiger partial charge in [0.2, 0.25) is 17.7 Å². The minimum absolute atomic E-state index is 0.0250. The molecule has 1 saturated carbocycles. The van der Waals surface area contributed by atoms with E-state index in [0.29, 0.717) is 12.1 Å². The quantitative estimate of drug-likeness (QED) is 0.486. The van der Waals surface area contributed by atoms with Crippen molar-refractivity contribution in [2.45, 2.75) is 57.4 Å². The summed E-state index contributed by atoms with van der Waals surface area (Å²) in [5.41, 5.74) is 11.9. The van der Waals surface area contributed by atoms with Gasteiger partial charge in [0.25, 0.3) is 0 Å². The monoisotopic (exact) mass is 391 g/mol. The van der Waals surface area contributed by atoms with E-state index in [-0.39, 0.29) is 41.9 Å². The van der Waals surface area contributed by atoms with Gasteiger partial charge in [-0.25, -0.2) is 4.98 Å². The van der Waals surface area contributed by atoms with E-state index in [1.165, 1.54) is 0 Å². The van der Waals surface area contributed by atoms with Gasteiger partial charge in [-0.15, -0.1) is 0 Å². The zero-order chi connectivity index (χ0) is 20.1. The molecule has 1 aromatic rings. The fourth-order valence-electron chi connectivity index (χ4n) is 4.02. The molecule has 2 heterocycles. The minimum atomic E-state index is -0.526. The number of hydrogen-bond acceptors (Lipinski definition) is 8. The van der Waals surface area contributed by atoms with Crippen molar-refractivity contribution in [2.24, 2.45) is 11.7 Å². The van der Waals surface area contributed by atoms with Crippen molar-refractivity contribution >= 4 is 23.4 Å². The Morgan fingerprint density at radius 3 is 2.50 bits per heavy atom. The number of likely N-dealkylation sites (tertiary alicyclic amines) is 1. The molecule has 1 aliphatic heterocycles. The predicted molar refractivity (Wildman–Crippen MR) is 106 cm³/mol. The van der Waals surface area contributed by atoms with E-state index in [0.717, 1.165) is 58.0 Å². The van der Waals surface area contributed by atoms with Crippen LogP contribution in [0.5, 0.6) is 0 Å². The molecule has 10 heteroatoms. The molecule has 0 unspecified atom stereocenters. The summed E-state index contributed by atoms with van der Waals surface area (Å²) in [6, 6.07) is 0.208. The van der Waals surface area contributed by atoms with Crippen LogP contribution < -0.4 is 16.8 Å². The van der Waals surface area contributed by atoms with Crippen LogP contribution in [0.15, 0.2) is 0 Å². The van der Waals surface area contributed by atoms with Gasteiger partial charge < -0.3 is 21.7 Å². The largest absolute Gasteiger partial charge is 0.378 e. The number of amides is 1. The highest BCUT2D eigenvalue weighted by Crippen LogP contribution is 2.31. The summed E-state index contributed by atoms with van der Waals surface area (Å²) in [7, 11) is 0. The number of nitro groups is 1. The second-order valence-corrected chi connectivity index (χ2v) is 7.76. The van der Waals surface area contributed by atoms with Crippen LogP contribution in [0.4, 0.5) is 17.5 Å². The smallest absolute Gasteiger partial charge is 0.332 e. The molecule has 1 aromatic heterocycles. The molecular formula is C18H29N7O3. The molecule has 10 nitrogen and oxygen atoms in total. The maximum atomic E-state index is 12.3. The molecule has 5 N–H and O–H groups in total. The van der Waals surface area contributed by atoms with Crippen LogP contribution in [0.3, 0.4) is 0 Å². The van der Waals surface area contributed by atoms with Crippen LogP contribution in [-0.2, 0) is 11.2 Å². The second-order valence-electron chi connectivity index (χ2n) is 7.76. The van der Waals surface area contributed by atoms with Crippen LogP contribution in [0, 0.1) is 16.0 Å². The molecule has 2 fully saturated rings. The van der Waals surface area contributed by atoms with E-state index in [1.807, 2.05) is 4.90 Å². The SMILES string of the molecule is Nc1nc(NCC(=O)N2CCCCC2)nc(CC2CCC(N)CC2)c1[N+](=O)[O-]. The van der Waals surface area contributed by atoms with Crippen LogP contribution in [0.2, 0.25) is 0 Å². The molecule has 2 aliphatic rings. The summed E-state index contributed by atoms with van der Waals surface area (Å²) in [5.74, 6) is 0.255. The van der Waals surface area contributed by atoms with Gasteiger partial charge in [0.15, 0.2) is 0 Å². The number of carbonyl (C=O) groups excluding carboxylic acids is 1. The Morgan fingerprint density at radius 2 is 1.86 bits per heavy atom. The lowest BCUT2D eigenvalue weighted by atomic mass is 9.83. The standard InChI is InChI=1S/C18H29N7O3/c19-13-6-4-12(5-7-13)10-14-16(25(27)28)17(20)23-18(22-14)21-11-15(26)24-8-2-1-3-9-24/h12-13H,1-11,19H2,(H3,20,21,22,23). The lowest BCUT2D eigenvalue weighted by Gasteiger charge is -2.27. The van der Waals surface area contributed by atoms with Crippen LogP contribution in [0.25, 0.3) is 0 Å². The maximum Gasteiger partial charge on any atom is 0.332 e. The molecule has 0 bridgehead atoms. The van der Waals surface area contributed by atoms with Gasteiger partial charge in [-0.1, -0.05) is 0 Å². The van der Waals surface area contributed by atoms with Crippen LogP contribution in [-0.4, -0.2) is 51.4 Å². The number of nitrogens with zero attached hydrogens (tertiary/aromatic N) is 4. The number of carbonyl (C=O) groups is 1. The summed E-state index contributed by atoms with van der Waals surface area (Å²) in [4.78, 5) is 33.4. The van der Waals surface area contributed by atoms with Gasteiger partial charge in [-0.3, -0.25) is 14.9 Å². The molecule has 1 amide bonds. The average molecular weight is 391 g/mol. The topological polar surface area (TPSA) is 153 Å². The Morgan fingerprint density at radius 1 is 1.18 bits per heavy atom. The average Bonchev–Trinajstić information content (AvgIpc) is 2.68. The van der Waals surface area contributed by atoms with Crippen molar-refractivity contribution in [1.82, 2.24) is 14.9 Å². The highest BCUT2D eigenvalue weighted by atomic mass is 16.6. The highest BCUT2D eigenvalue weighted by molar-refractivity contribution is 5.80. The molecule has 1 aliphatic carbocycles. The fourth-order valence-corrected chi connectivity index (χ4v) is 4.02. The van der Waals surface area contributed by atoms with Crippen molar-refractivity contribution in [3.63, 3.8) is 0 Å². The number of nitrogens with one attached hydrogen (secondary N) is 1. The Bertz CT molecular complexity index is 713. The number of aromatic nitrogens is 2. The molecule has 0 aromatic carbocycles. The molecule has 0 spiro atoms. The number of piperidine rings is 1. The number of nitrogens with two attached hydrogens (primary N) is 2. The van der Waals surface area contributed by atoms with Crippen molar-refractivity contribution in [1.29, 1.82) is 0 Å². The Hall–Kier alpha value is -2.49. The zero-order valence-electron chi connectivity index (χ0n) is 16.1. The van der Waals surface area contributed by atoms with E-state index in [4.69, 9.17) is 11.5 Å². The Kier molecular flexibility index (Phi) is 6.61. The molecule has 28 heavy (non-hydrogen) atoms. The molecule has 154 valence electrons. The van der Waals surface area contributed by atoms with Gasteiger partial charge in [-0.2, -0.15) is 4.98 Å². The lowest BCUT2D eigenvalue weighted by Crippen LogP contribution is -2.39. The predicted octanol–water partition coefficient (Wildman–Crippen LogP) is 1.45. The van der Waals surface area contributed by atoms with Crippen molar-refractivity contribution in [3.05, 3.63) is 15.8 Å². The summed E-state index contributed by atoms with van der Waals surface area (Å²) in [6.07, 6.45) is 7.29. The van der Waals surface area contributed by atoms with Gasteiger partial charge in [0.05, 0.1) is 11.5 Å². The molecular weight excluding hydrogens is 362 g/mol. The number of hydrogen-bond donors (Lipinski definition) is 3. The van der Waals surface area contributed by atoms with Gasteiger partial charge in [-0.05, 0) is 57.3 Å². The van der Waals surface area contributed by atoms with E-state index >= 15 is 0 Å².